The molecule has 2 N–H and O–H groups in total. The van der Waals surface area contributed by atoms with Gasteiger partial charge in [0.25, 0.3) is 0 Å². The van der Waals surface area contributed by atoms with Gasteiger partial charge in [0.2, 0.25) is 0 Å². The third kappa shape index (κ3) is 2.47. The first-order valence-electron chi connectivity index (χ1n) is 7.17. The molecule has 1 atom stereocenters. The van der Waals surface area contributed by atoms with E-state index in [9.17, 15) is 0 Å². The first-order valence-corrected chi connectivity index (χ1v) is 8.05. The third-order valence-corrected chi connectivity index (χ3v) is 4.55. The summed E-state index contributed by atoms with van der Waals surface area (Å²) in [4.78, 5) is 9.45. The Morgan fingerprint density at radius 3 is 2.57 bits per heavy atom. The normalized spacial score (nSPS) is 13.2. The number of imidazole rings is 1. The van der Waals surface area contributed by atoms with Crippen LogP contribution in [0, 0.1) is 6.92 Å². The molecule has 5 heteroatoms. The fourth-order valence-electron chi connectivity index (χ4n) is 2.51. The van der Waals surface area contributed by atoms with E-state index >= 15 is 0 Å². The third-order valence-electron chi connectivity index (χ3n) is 3.50. The highest BCUT2D eigenvalue weighted by atomic mass is 32.1. The molecule has 2 aromatic heterocycles. The van der Waals surface area contributed by atoms with E-state index < -0.39 is 0 Å². The summed E-state index contributed by atoms with van der Waals surface area (Å²) in [5, 5.41) is 2.99. The molecule has 0 aliphatic carbocycles. The number of hydrogen-bond donors (Lipinski definition) is 1. The molecule has 3 rings (SSSR count). The quantitative estimate of drug-likeness (QED) is 0.793. The standard InChI is InChI=1S/C16H20N4S/c1-9(2)20-14-6-5-10(3)7-12(14)18-15(20)13-8-21-16(19-13)11(4)17/h5-9,11H,17H2,1-4H3. The van der Waals surface area contributed by atoms with Crippen LogP contribution in [0.15, 0.2) is 23.6 Å². The van der Waals surface area contributed by atoms with Gasteiger partial charge in [0.05, 0.1) is 17.1 Å². The summed E-state index contributed by atoms with van der Waals surface area (Å²) in [5.74, 6) is 0.925. The fourth-order valence-corrected chi connectivity index (χ4v) is 3.27. The molecule has 0 saturated carbocycles. The Labute approximate surface area is 128 Å². The van der Waals surface area contributed by atoms with Crippen LogP contribution in [0.1, 0.15) is 43.4 Å². The number of hydrogen-bond acceptors (Lipinski definition) is 4. The molecule has 0 bridgehead atoms. The predicted octanol–water partition coefficient (Wildman–Crippen LogP) is 4.07. The smallest absolute Gasteiger partial charge is 0.160 e. The Kier molecular flexibility index (Phi) is 3.55. The molecule has 0 aliphatic heterocycles. The molecule has 0 radical (unpaired) electrons. The van der Waals surface area contributed by atoms with Gasteiger partial charge in [0.15, 0.2) is 5.82 Å². The number of nitrogens with two attached hydrogens (primary N) is 1. The lowest BCUT2D eigenvalue weighted by Crippen LogP contribution is -2.05. The monoisotopic (exact) mass is 300 g/mol. The summed E-state index contributed by atoms with van der Waals surface area (Å²) in [6.45, 7) is 8.38. The molecule has 3 aromatic rings. The highest BCUT2D eigenvalue weighted by molar-refractivity contribution is 7.10. The van der Waals surface area contributed by atoms with Gasteiger partial charge in [-0.15, -0.1) is 11.3 Å². The first-order chi connectivity index (χ1) is 9.97. The molecule has 0 fully saturated rings. The lowest BCUT2D eigenvalue weighted by molar-refractivity contribution is 0.623. The molecule has 1 aromatic carbocycles. The molecule has 110 valence electrons. The van der Waals surface area contributed by atoms with Crippen LogP contribution in [0.5, 0.6) is 0 Å². The Morgan fingerprint density at radius 1 is 1.19 bits per heavy atom. The van der Waals surface area contributed by atoms with Gasteiger partial charge >= 0.3 is 0 Å². The highest BCUT2D eigenvalue weighted by Crippen LogP contribution is 2.30. The van der Waals surface area contributed by atoms with Crippen LogP contribution < -0.4 is 5.73 Å². The topological polar surface area (TPSA) is 56.7 Å². The molecule has 0 aliphatic rings. The number of rotatable bonds is 3. The second-order valence-electron chi connectivity index (χ2n) is 5.75. The van der Waals surface area contributed by atoms with E-state index in [1.807, 2.05) is 12.3 Å². The average Bonchev–Trinajstić information content (AvgIpc) is 3.01. The van der Waals surface area contributed by atoms with Gasteiger partial charge in [-0.3, -0.25) is 0 Å². The van der Waals surface area contributed by atoms with Gasteiger partial charge in [0, 0.05) is 11.4 Å². The van der Waals surface area contributed by atoms with E-state index in [0.29, 0.717) is 6.04 Å². The van der Waals surface area contributed by atoms with Crippen LogP contribution in [-0.2, 0) is 0 Å². The Bertz CT molecular complexity index is 783. The number of thiazole rings is 1. The minimum absolute atomic E-state index is 0.0390. The zero-order valence-electron chi connectivity index (χ0n) is 12.8. The maximum absolute atomic E-state index is 5.92. The van der Waals surface area contributed by atoms with E-state index in [2.05, 4.69) is 48.5 Å². The van der Waals surface area contributed by atoms with Gasteiger partial charge in [-0.2, -0.15) is 0 Å². The summed E-state index contributed by atoms with van der Waals surface area (Å²) in [7, 11) is 0. The van der Waals surface area contributed by atoms with Crippen molar-refractivity contribution < 1.29 is 0 Å². The van der Waals surface area contributed by atoms with Crippen LogP contribution in [0.25, 0.3) is 22.6 Å². The molecular weight excluding hydrogens is 280 g/mol. The number of fused-ring (bicyclic) bond motifs is 1. The minimum Gasteiger partial charge on any atom is -0.322 e. The maximum atomic E-state index is 5.92. The summed E-state index contributed by atoms with van der Waals surface area (Å²) in [6.07, 6.45) is 0. The molecule has 0 spiro atoms. The van der Waals surface area contributed by atoms with E-state index in [4.69, 9.17) is 10.7 Å². The van der Waals surface area contributed by atoms with Crippen molar-refractivity contribution in [2.45, 2.75) is 39.8 Å². The zero-order valence-corrected chi connectivity index (χ0v) is 13.6. The fraction of sp³-hybridized carbons (Fsp3) is 0.375. The SMILES string of the molecule is Cc1ccc2c(c1)nc(-c1csc(C(C)N)n1)n2C(C)C. The van der Waals surface area contributed by atoms with Gasteiger partial charge in [-0.25, -0.2) is 9.97 Å². The van der Waals surface area contributed by atoms with Crippen molar-refractivity contribution in [2.75, 3.05) is 0 Å². The van der Waals surface area contributed by atoms with Crippen molar-refractivity contribution >= 4 is 22.4 Å². The Balaban J connectivity index is 2.22. The van der Waals surface area contributed by atoms with Crippen molar-refractivity contribution in [1.82, 2.24) is 14.5 Å². The van der Waals surface area contributed by atoms with Gasteiger partial charge in [0.1, 0.15) is 10.7 Å². The van der Waals surface area contributed by atoms with E-state index in [-0.39, 0.29) is 6.04 Å². The van der Waals surface area contributed by atoms with E-state index in [1.54, 1.807) is 11.3 Å². The second kappa shape index (κ2) is 5.24. The molecule has 4 nitrogen and oxygen atoms in total. The van der Waals surface area contributed by atoms with Crippen LogP contribution >= 0.6 is 11.3 Å². The maximum Gasteiger partial charge on any atom is 0.160 e. The number of aryl methyl sites for hydroxylation is 1. The largest absolute Gasteiger partial charge is 0.322 e. The van der Waals surface area contributed by atoms with Crippen LogP contribution in [0.4, 0.5) is 0 Å². The lowest BCUT2D eigenvalue weighted by atomic mass is 10.2. The van der Waals surface area contributed by atoms with Gasteiger partial charge < -0.3 is 10.3 Å². The molecule has 1 unspecified atom stereocenters. The summed E-state index contributed by atoms with van der Waals surface area (Å²) in [5.41, 5.74) is 10.2. The first kappa shape index (κ1) is 14.2. The number of aromatic nitrogens is 3. The predicted molar refractivity (Wildman–Crippen MR) is 88.6 cm³/mol. The molecular formula is C16H20N4S. The molecule has 2 heterocycles. The number of benzene rings is 1. The van der Waals surface area contributed by atoms with Crippen molar-refractivity contribution in [3.63, 3.8) is 0 Å². The lowest BCUT2D eigenvalue weighted by Gasteiger charge is -2.11. The van der Waals surface area contributed by atoms with Crippen LogP contribution in [-0.4, -0.2) is 14.5 Å². The summed E-state index contributed by atoms with van der Waals surface area (Å²) >= 11 is 1.60. The zero-order chi connectivity index (χ0) is 15.1. The van der Waals surface area contributed by atoms with Crippen molar-refractivity contribution in [1.29, 1.82) is 0 Å². The van der Waals surface area contributed by atoms with Crippen molar-refractivity contribution in [3.05, 3.63) is 34.2 Å². The van der Waals surface area contributed by atoms with Crippen molar-refractivity contribution in [2.24, 2.45) is 5.73 Å². The number of nitrogens with zero attached hydrogens (tertiary/aromatic N) is 3. The summed E-state index contributed by atoms with van der Waals surface area (Å²) in [6, 6.07) is 6.67. The van der Waals surface area contributed by atoms with Crippen LogP contribution in [0.3, 0.4) is 0 Å². The second-order valence-corrected chi connectivity index (χ2v) is 6.64. The van der Waals surface area contributed by atoms with Gasteiger partial charge in [-0.1, -0.05) is 6.07 Å². The molecule has 0 saturated heterocycles. The minimum atomic E-state index is -0.0390. The highest BCUT2D eigenvalue weighted by Gasteiger charge is 2.18. The molecule has 0 amide bonds. The summed E-state index contributed by atoms with van der Waals surface area (Å²) < 4.78 is 2.24. The van der Waals surface area contributed by atoms with E-state index in [0.717, 1.165) is 27.6 Å². The van der Waals surface area contributed by atoms with E-state index in [1.165, 1.54) is 5.56 Å². The Morgan fingerprint density at radius 2 is 1.95 bits per heavy atom. The average molecular weight is 300 g/mol. The van der Waals surface area contributed by atoms with Crippen LogP contribution in [0.2, 0.25) is 0 Å². The Hall–Kier alpha value is -1.72. The van der Waals surface area contributed by atoms with Gasteiger partial charge in [-0.05, 0) is 45.4 Å². The molecule has 21 heavy (non-hydrogen) atoms. The van der Waals surface area contributed by atoms with Crippen molar-refractivity contribution in [3.8, 4) is 11.5 Å².